The normalized spacial score (nSPS) is 21.1. The second-order valence-electron chi connectivity index (χ2n) is 9.74. The summed E-state index contributed by atoms with van der Waals surface area (Å²) in [6.45, 7) is 16.6. The van der Waals surface area contributed by atoms with E-state index in [1.54, 1.807) is 28.8 Å². The fourth-order valence-electron chi connectivity index (χ4n) is 6.91. The van der Waals surface area contributed by atoms with Gasteiger partial charge >= 0.3 is 186 Å². The zero-order valence-corrected chi connectivity index (χ0v) is 25.6. The van der Waals surface area contributed by atoms with Crippen LogP contribution in [0.5, 0.6) is 0 Å². The van der Waals surface area contributed by atoms with E-state index in [1.165, 1.54) is 11.1 Å². The van der Waals surface area contributed by atoms with Gasteiger partial charge in [0.1, 0.15) is 0 Å². The van der Waals surface area contributed by atoms with Crippen LogP contribution in [0, 0.1) is 0 Å². The van der Waals surface area contributed by atoms with Crippen LogP contribution in [0.15, 0.2) is 106 Å². The predicted molar refractivity (Wildman–Crippen MR) is 147 cm³/mol. The molecular weight excluding hydrogens is 527 g/mol. The third-order valence-electron chi connectivity index (χ3n) is 8.14. The molecule has 2 aromatic rings. The zero-order valence-electron chi connectivity index (χ0n) is 20.1. The van der Waals surface area contributed by atoms with E-state index >= 15 is 0 Å². The quantitative estimate of drug-likeness (QED) is 0.356. The third-order valence-corrected chi connectivity index (χ3v) is 37.0. The molecule has 0 aromatic heterocycles. The van der Waals surface area contributed by atoms with Crippen molar-refractivity contribution in [1.29, 1.82) is 0 Å². The average Bonchev–Trinajstić information content (AvgIpc) is 3.16. The van der Waals surface area contributed by atoms with E-state index < -0.39 is 17.4 Å². The molecule has 0 bridgehead atoms. The summed E-state index contributed by atoms with van der Waals surface area (Å²) in [5, 5.41) is 0. The van der Waals surface area contributed by atoms with Gasteiger partial charge in [0, 0.05) is 0 Å². The minimum atomic E-state index is -4.05. The molecule has 2 aromatic carbocycles. The molecule has 0 heterocycles. The molecule has 170 valence electrons. The fourth-order valence-corrected chi connectivity index (χ4v) is 38.4. The largest absolute Gasteiger partial charge is 0.147 e. The fraction of sp³-hybridized carbons (Fsp3) is 0.286. The molecule has 0 saturated carbocycles. The molecule has 0 aliphatic heterocycles. The average molecular weight is 563 g/mol. The van der Waals surface area contributed by atoms with Crippen LogP contribution in [0.25, 0.3) is 0 Å². The smallest absolute Gasteiger partial charge is 0.147 e. The molecule has 0 spiro atoms. The van der Waals surface area contributed by atoms with E-state index in [2.05, 4.69) is 121 Å². The summed E-state index contributed by atoms with van der Waals surface area (Å²) in [5.41, 5.74) is 9.23. The van der Waals surface area contributed by atoms with E-state index in [-0.39, 0.29) is 24.8 Å². The van der Waals surface area contributed by atoms with Crippen LogP contribution in [0.2, 0.25) is 7.25 Å². The van der Waals surface area contributed by atoms with Crippen molar-refractivity contribution in [3.05, 3.63) is 106 Å². The molecule has 2 atom stereocenters. The van der Waals surface area contributed by atoms with Crippen molar-refractivity contribution in [2.24, 2.45) is 0 Å². The zero-order chi connectivity index (χ0) is 21.7. The van der Waals surface area contributed by atoms with Gasteiger partial charge < -0.3 is 0 Å². The van der Waals surface area contributed by atoms with Crippen LogP contribution < -0.4 is 6.54 Å². The first kappa shape index (κ1) is 27.3. The Morgan fingerprint density at radius 2 is 0.875 bits per heavy atom. The van der Waals surface area contributed by atoms with Gasteiger partial charge in [-0.05, 0) is 0 Å². The van der Waals surface area contributed by atoms with Gasteiger partial charge in [-0.2, -0.15) is 0 Å². The van der Waals surface area contributed by atoms with Crippen LogP contribution in [-0.2, 0) is 17.4 Å². The van der Waals surface area contributed by atoms with Gasteiger partial charge in [-0.1, -0.05) is 0 Å². The number of rotatable bonds is 4. The second-order valence-corrected chi connectivity index (χ2v) is 32.4. The summed E-state index contributed by atoms with van der Waals surface area (Å²) in [6, 6.07) is 23.2. The van der Waals surface area contributed by atoms with Gasteiger partial charge in [-0.25, -0.2) is 0 Å². The summed E-state index contributed by atoms with van der Waals surface area (Å²) in [5.74, 6) is 0. The van der Waals surface area contributed by atoms with E-state index in [0.29, 0.717) is 7.25 Å². The number of halogens is 2. The van der Waals surface area contributed by atoms with Crippen LogP contribution in [0.3, 0.4) is 0 Å². The Labute approximate surface area is 209 Å². The first-order valence-corrected chi connectivity index (χ1v) is 22.3. The Kier molecular flexibility index (Phi) is 8.32. The maximum atomic E-state index is 2.47. The summed E-state index contributed by atoms with van der Waals surface area (Å²) in [7, 11) is 0. The van der Waals surface area contributed by atoms with Crippen LogP contribution >= 0.6 is 24.8 Å². The Morgan fingerprint density at radius 1 is 0.562 bits per heavy atom. The number of hydrogen-bond donors (Lipinski definition) is 0. The molecule has 2 aliphatic carbocycles. The van der Waals surface area contributed by atoms with Gasteiger partial charge in [0.2, 0.25) is 0 Å². The minimum Gasteiger partial charge on any atom is -0.147 e. The van der Waals surface area contributed by atoms with Crippen molar-refractivity contribution in [3.8, 4) is 0 Å². The monoisotopic (exact) mass is 560 g/mol. The maximum absolute atomic E-state index is 4.05. The van der Waals surface area contributed by atoms with Gasteiger partial charge in [0.15, 0.2) is 0 Å². The molecule has 0 amide bonds. The van der Waals surface area contributed by atoms with Gasteiger partial charge in [-0.15, -0.1) is 24.8 Å². The van der Waals surface area contributed by atoms with Gasteiger partial charge in [-0.3, -0.25) is 0 Å². The topological polar surface area (TPSA) is 0 Å². The number of benzene rings is 2. The molecule has 0 radical (unpaired) electrons. The Morgan fingerprint density at radius 3 is 1.12 bits per heavy atom. The second kappa shape index (κ2) is 9.75. The van der Waals surface area contributed by atoms with Gasteiger partial charge in [0.05, 0.1) is 0 Å². The maximum Gasteiger partial charge on any atom is -0.147 e. The summed E-state index contributed by atoms with van der Waals surface area (Å²) < 4.78 is 4.26. The molecule has 0 N–H and O–H groups in total. The summed E-state index contributed by atoms with van der Waals surface area (Å²) in [6.07, 6.45) is 4.93. The van der Waals surface area contributed by atoms with Crippen molar-refractivity contribution < 1.29 is 17.4 Å². The third kappa shape index (κ3) is 3.67. The Hall–Kier alpha value is -0.920. The standard InChI is InChI=1S/2C8H11.2C6H5.2ClH.H2Si.Zr/c2*1-6-4-7(2)8(3)5-6;2*1-2-4-6-5-3-1;;;;/h2*4-5H,1-3H3;2*1-5H;2*1H;1H2;. The van der Waals surface area contributed by atoms with Crippen molar-refractivity contribution in [2.45, 2.75) is 48.8 Å². The summed E-state index contributed by atoms with van der Waals surface area (Å²) in [4.78, 5) is 0. The Bertz CT molecular complexity index is 1110. The first-order chi connectivity index (χ1) is 14.2. The number of hydrogen-bond acceptors (Lipinski definition) is 0. The van der Waals surface area contributed by atoms with Crippen LogP contribution in [0.1, 0.15) is 41.5 Å². The minimum absolute atomic E-state index is 0. The molecule has 32 heavy (non-hydrogen) atoms. The molecule has 2 aliphatic rings. The van der Waals surface area contributed by atoms with E-state index in [9.17, 15) is 0 Å². The van der Waals surface area contributed by atoms with Crippen molar-refractivity contribution >= 4 is 38.2 Å². The van der Waals surface area contributed by atoms with E-state index in [1.807, 2.05) is 0 Å². The van der Waals surface area contributed by atoms with Crippen LogP contribution in [-0.4, -0.2) is 6.88 Å². The van der Waals surface area contributed by atoms with E-state index in [4.69, 9.17) is 0 Å². The summed E-state index contributed by atoms with van der Waals surface area (Å²) >= 11 is -4.05. The Balaban J connectivity index is 0.00000181. The van der Waals surface area contributed by atoms with Crippen molar-refractivity contribution in [3.63, 3.8) is 0 Å². The molecule has 0 fully saturated rings. The molecule has 4 heteroatoms. The van der Waals surface area contributed by atoms with Crippen molar-refractivity contribution in [1.82, 2.24) is 0 Å². The molecule has 4 rings (SSSR count). The predicted octanol–water partition coefficient (Wildman–Crippen LogP) is 6.89. The SMILES string of the molecule is CC1=CC(C)=C(C)[CH]1[Zr](=[SiH2])([c]1ccccc1)([c]1ccccc1)[CH]1C(C)=CC(C)=C1C.Cl.Cl. The van der Waals surface area contributed by atoms with Crippen LogP contribution in [0.4, 0.5) is 0 Å². The van der Waals surface area contributed by atoms with Crippen molar-refractivity contribution in [2.75, 3.05) is 0 Å². The molecule has 0 nitrogen and oxygen atoms in total. The van der Waals surface area contributed by atoms with E-state index in [0.717, 1.165) is 0 Å². The molecular formula is C28H36Cl2SiZr. The first-order valence-electron chi connectivity index (χ1n) is 11.1. The molecule has 2 unspecified atom stereocenters. The van der Waals surface area contributed by atoms with Gasteiger partial charge in [0.25, 0.3) is 0 Å². The molecule has 0 saturated heterocycles. The number of allylic oxidation sites excluding steroid dienone is 8.